The number of hydrogen-bond acceptors (Lipinski definition) is 1. The highest BCUT2D eigenvalue weighted by Gasteiger charge is 2.43. The Morgan fingerprint density at radius 3 is 2.30 bits per heavy atom. The van der Waals surface area contributed by atoms with Gasteiger partial charge in [0.15, 0.2) is 5.96 Å². The summed E-state index contributed by atoms with van der Waals surface area (Å²) in [5.74, 6) is 1.15. The first-order valence-electron chi connectivity index (χ1n) is 8.11. The lowest BCUT2D eigenvalue weighted by Gasteiger charge is -2.38. The molecule has 20 heavy (non-hydrogen) atoms. The highest BCUT2D eigenvalue weighted by Crippen LogP contribution is 2.48. The SMILES string of the molecule is CN=C(NCC1(C)CCCC1)N1CCC2(CCC2)C1.I. The summed E-state index contributed by atoms with van der Waals surface area (Å²) >= 11 is 0. The third kappa shape index (κ3) is 3.25. The predicted molar refractivity (Wildman–Crippen MR) is 95.8 cm³/mol. The molecule has 1 spiro atoms. The first-order chi connectivity index (χ1) is 9.15. The van der Waals surface area contributed by atoms with Gasteiger partial charge in [-0.05, 0) is 42.9 Å². The summed E-state index contributed by atoms with van der Waals surface area (Å²) in [6.07, 6.45) is 11.3. The zero-order valence-electron chi connectivity index (χ0n) is 13.1. The van der Waals surface area contributed by atoms with Gasteiger partial charge in [-0.25, -0.2) is 0 Å². The largest absolute Gasteiger partial charge is 0.356 e. The number of nitrogens with zero attached hydrogens (tertiary/aromatic N) is 2. The standard InChI is InChI=1S/C16H29N3.HI/c1-15(6-3-4-7-15)12-18-14(17-2)19-11-10-16(13-19)8-5-9-16;/h3-13H2,1-2H3,(H,17,18);1H. The van der Waals surface area contributed by atoms with Crippen LogP contribution >= 0.6 is 24.0 Å². The molecule has 116 valence electrons. The molecule has 0 atom stereocenters. The number of likely N-dealkylation sites (tertiary alicyclic amines) is 1. The van der Waals surface area contributed by atoms with Crippen molar-refractivity contribution in [3.63, 3.8) is 0 Å². The molecule has 2 saturated carbocycles. The normalized spacial score (nSPS) is 27.3. The number of aliphatic imine (C=N–C) groups is 1. The van der Waals surface area contributed by atoms with E-state index in [1.54, 1.807) is 0 Å². The van der Waals surface area contributed by atoms with Crippen LogP contribution in [-0.4, -0.2) is 37.5 Å². The van der Waals surface area contributed by atoms with Gasteiger partial charge in [0.05, 0.1) is 0 Å². The summed E-state index contributed by atoms with van der Waals surface area (Å²) < 4.78 is 0. The number of halogens is 1. The lowest BCUT2D eigenvalue weighted by molar-refractivity contribution is 0.151. The first kappa shape index (κ1) is 16.4. The fraction of sp³-hybridized carbons (Fsp3) is 0.938. The van der Waals surface area contributed by atoms with Gasteiger partial charge < -0.3 is 10.2 Å². The molecule has 0 radical (unpaired) electrons. The summed E-state index contributed by atoms with van der Waals surface area (Å²) in [4.78, 5) is 7.02. The Hall–Kier alpha value is 0. The van der Waals surface area contributed by atoms with Crippen molar-refractivity contribution in [1.29, 1.82) is 0 Å². The van der Waals surface area contributed by atoms with Crippen LogP contribution in [0.4, 0.5) is 0 Å². The van der Waals surface area contributed by atoms with E-state index in [2.05, 4.69) is 22.1 Å². The van der Waals surface area contributed by atoms with Gasteiger partial charge in [0, 0.05) is 26.7 Å². The Bertz CT molecular complexity index is 357. The Morgan fingerprint density at radius 1 is 1.10 bits per heavy atom. The maximum absolute atomic E-state index is 4.52. The van der Waals surface area contributed by atoms with Crippen molar-refractivity contribution in [2.24, 2.45) is 15.8 Å². The molecule has 0 amide bonds. The van der Waals surface area contributed by atoms with Crippen LogP contribution in [0.25, 0.3) is 0 Å². The van der Waals surface area contributed by atoms with E-state index < -0.39 is 0 Å². The molecule has 1 heterocycles. The van der Waals surface area contributed by atoms with Crippen molar-refractivity contribution in [3.05, 3.63) is 0 Å². The third-order valence-electron chi connectivity index (χ3n) is 5.85. The third-order valence-corrected chi connectivity index (χ3v) is 5.85. The molecule has 4 heteroatoms. The molecular weight excluding hydrogens is 361 g/mol. The van der Waals surface area contributed by atoms with Crippen LogP contribution in [-0.2, 0) is 0 Å². The fourth-order valence-corrected chi connectivity index (χ4v) is 4.23. The Morgan fingerprint density at radius 2 is 1.80 bits per heavy atom. The van der Waals surface area contributed by atoms with Crippen molar-refractivity contribution in [2.45, 2.75) is 58.3 Å². The summed E-state index contributed by atoms with van der Waals surface area (Å²) in [5.41, 5.74) is 1.17. The van der Waals surface area contributed by atoms with Crippen LogP contribution in [0.3, 0.4) is 0 Å². The highest BCUT2D eigenvalue weighted by atomic mass is 127. The van der Waals surface area contributed by atoms with Gasteiger partial charge in [-0.15, -0.1) is 24.0 Å². The Balaban J connectivity index is 0.00000147. The monoisotopic (exact) mass is 391 g/mol. The van der Waals surface area contributed by atoms with Crippen molar-refractivity contribution in [2.75, 3.05) is 26.7 Å². The molecule has 2 aliphatic carbocycles. The van der Waals surface area contributed by atoms with Gasteiger partial charge in [0.1, 0.15) is 0 Å². The molecule has 0 aromatic carbocycles. The van der Waals surface area contributed by atoms with Crippen LogP contribution in [0.1, 0.15) is 58.3 Å². The van der Waals surface area contributed by atoms with E-state index in [0.29, 0.717) is 10.8 Å². The molecule has 0 aromatic heterocycles. The van der Waals surface area contributed by atoms with Crippen LogP contribution in [0, 0.1) is 10.8 Å². The van der Waals surface area contributed by atoms with Crippen molar-refractivity contribution < 1.29 is 0 Å². The van der Waals surface area contributed by atoms with Crippen LogP contribution in [0.2, 0.25) is 0 Å². The highest BCUT2D eigenvalue weighted by molar-refractivity contribution is 14.0. The summed E-state index contributed by atoms with van der Waals surface area (Å²) in [6.45, 7) is 5.97. The second kappa shape index (κ2) is 6.41. The number of rotatable bonds is 2. The molecule has 1 N–H and O–H groups in total. The maximum Gasteiger partial charge on any atom is 0.193 e. The minimum absolute atomic E-state index is 0. The lowest BCUT2D eigenvalue weighted by atomic mass is 9.68. The Kier molecular flexibility index (Phi) is 5.24. The maximum atomic E-state index is 4.52. The Labute approximate surface area is 141 Å². The van der Waals surface area contributed by atoms with E-state index in [-0.39, 0.29) is 24.0 Å². The second-order valence-corrected chi connectivity index (χ2v) is 7.44. The van der Waals surface area contributed by atoms with Crippen LogP contribution in [0.5, 0.6) is 0 Å². The molecule has 0 bridgehead atoms. The van der Waals surface area contributed by atoms with Gasteiger partial charge >= 0.3 is 0 Å². The molecule has 3 rings (SSSR count). The van der Waals surface area contributed by atoms with Gasteiger partial charge in [0.25, 0.3) is 0 Å². The zero-order chi connectivity index (χ0) is 13.3. The van der Waals surface area contributed by atoms with E-state index in [0.717, 1.165) is 12.5 Å². The van der Waals surface area contributed by atoms with Crippen molar-refractivity contribution in [1.82, 2.24) is 10.2 Å². The lowest BCUT2D eigenvalue weighted by Crippen LogP contribution is -2.45. The average molecular weight is 391 g/mol. The molecule has 3 fully saturated rings. The molecule has 1 saturated heterocycles. The van der Waals surface area contributed by atoms with Gasteiger partial charge in [-0.2, -0.15) is 0 Å². The number of guanidine groups is 1. The second-order valence-electron chi connectivity index (χ2n) is 7.44. The average Bonchev–Trinajstić information content (AvgIpc) is 2.97. The first-order valence-corrected chi connectivity index (χ1v) is 8.11. The van der Waals surface area contributed by atoms with E-state index in [4.69, 9.17) is 0 Å². The van der Waals surface area contributed by atoms with E-state index in [1.165, 1.54) is 64.5 Å². The van der Waals surface area contributed by atoms with E-state index in [9.17, 15) is 0 Å². The molecule has 3 nitrogen and oxygen atoms in total. The minimum atomic E-state index is 0. The van der Waals surface area contributed by atoms with Gasteiger partial charge in [-0.3, -0.25) is 4.99 Å². The van der Waals surface area contributed by atoms with Crippen molar-refractivity contribution in [3.8, 4) is 0 Å². The predicted octanol–water partition coefficient (Wildman–Crippen LogP) is 3.64. The molecular formula is C16H30IN3. The van der Waals surface area contributed by atoms with Gasteiger partial charge in [0.2, 0.25) is 0 Å². The zero-order valence-corrected chi connectivity index (χ0v) is 15.4. The van der Waals surface area contributed by atoms with Gasteiger partial charge in [-0.1, -0.05) is 26.2 Å². The van der Waals surface area contributed by atoms with E-state index >= 15 is 0 Å². The van der Waals surface area contributed by atoms with Crippen LogP contribution in [0.15, 0.2) is 4.99 Å². The number of nitrogens with one attached hydrogen (secondary N) is 1. The topological polar surface area (TPSA) is 27.6 Å². The molecule has 3 aliphatic rings. The molecule has 0 aromatic rings. The van der Waals surface area contributed by atoms with Crippen LogP contribution < -0.4 is 5.32 Å². The quantitative estimate of drug-likeness (QED) is 0.442. The van der Waals surface area contributed by atoms with E-state index in [1.807, 2.05) is 7.05 Å². The fourth-order valence-electron chi connectivity index (χ4n) is 4.23. The van der Waals surface area contributed by atoms with Crippen molar-refractivity contribution >= 4 is 29.9 Å². The molecule has 0 unspecified atom stereocenters. The molecule has 1 aliphatic heterocycles. The number of hydrogen-bond donors (Lipinski definition) is 1. The minimum Gasteiger partial charge on any atom is -0.356 e. The smallest absolute Gasteiger partial charge is 0.193 e. The summed E-state index contributed by atoms with van der Waals surface area (Å²) in [5, 5.41) is 3.66. The summed E-state index contributed by atoms with van der Waals surface area (Å²) in [6, 6.07) is 0. The summed E-state index contributed by atoms with van der Waals surface area (Å²) in [7, 11) is 1.94.